The zero-order valence-corrected chi connectivity index (χ0v) is 12.3. The standard InChI is InChI=1S/C15H21FO4/c1-10-11(8-6-4-5-7-9-16)13(18)15(20-3)14(19-2)12(10)17/h4-9H2,1-3H3. The fraction of sp³-hybridized carbons (Fsp3) is 0.600. The minimum Gasteiger partial charge on any atom is -0.489 e. The smallest absolute Gasteiger partial charge is 0.228 e. The number of unbranched alkanes of at least 4 members (excludes halogenated alkanes) is 3. The maximum Gasteiger partial charge on any atom is 0.228 e. The Kier molecular flexibility index (Phi) is 6.42. The summed E-state index contributed by atoms with van der Waals surface area (Å²) in [6.07, 6.45) is 3.44. The van der Waals surface area contributed by atoms with Crippen LogP contribution in [0.4, 0.5) is 4.39 Å². The highest BCUT2D eigenvalue weighted by atomic mass is 19.1. The van der Waals surface area contributed by atoms with Crippen molar-refractivity contribution in [1.82, 2.24) is 0 Å². The van der Waals surface area contributed by atoms with Crippen LogP contribution in [-0.2, 0) is 19.1 Å². The van der Waals surface area contributed by atoms with Gasteiger partial charge in [-0.2, -0.15) is 0 Å². The van der Waals surface area contributed by atoms with Crippen LogP contribution in [0.3, 0.4) is 0 Å². The summed E-state index contributed by atoms with van der Waals surface area (Å²) in [7, 11) is 2.69. The van der Waals surface area contributed by atoms with Gasteiger partial charge in [-0.15, -0.1) is 0 Å². The first-order valence-electron chi connectivity index (χ1n) is 6.75. The van der Waals surface area contributed by atoms with Crippen molar-refractivity contribution in [2.45, 2.75) is 39.0 Å². The summed E-state index contributed by atoms with van der Waals surface area (Å²) in [6.45, 7) is 1.31. The largest absolute Gasteiger partial charge is 0.489 e. The second-order valence-corrected chi connectivity index (χ2v) is 4.68. The molecule has 0 aromatic heterocycles. The Balaban J connectivity index is 2.78. The first-order valence-corrected chi connectivity index (χ1v) is 6.75. The number of carbonyl (C=O) groups is 2. The predicted octanol–water partition coefficient (Wildman–Crippen LogP) is 2.88. The monoisotopic (exact) mass is 284 g/mol. The van der Waals surface area contributed by atoms with Gasteiger partial charge in [-0.1, -0.05) is 12.8 Å². The number of halogens is 1. The molecule has 112 valence electrons. The van der Waals surface area contributed by atoms with Gasteiger partial charge < -0.3 is 9.47 Å². The summed E-state index contributed by atoms with van der Waals surface area (Å²) in [5.74, 6) is -0.646. The fourth-order valence-corrected chi connectivity index (χ4v) is 2.24. The number of ketones is 2. The molecule has 0 atom stereocenters. The van der Waals surface area contributed by atoms with Crippen LogP contribution in [0.5, 0.6) is 0 Å². The van der Waals surface area contributed by atoms with E-state index in [4.69, 9.17) is 9.47 Å². The lowest BCUT2D eigenvalue weighted by molar-refractivity contribution is -0.121. The first-order chi connectivity index (χ1) is 9.58. The summed E-state index contributed by atoms with van der Waals surface area (Å²) in [5.41, 5.74) is 0.894. The zero-order chi connectivity index (χ0) is 15.1. The van der Waals surface area contributed by atoms with E-state index in [2.05, 4.69) is 0 Å². The van der Waals surface area contributed by atoms with Crippen LogP contribution in [-0.4, -0.2) is 32.5 Å². The number of Topliss-reactive ketones (excluding diaryl/α,β-unsaturated/α-hetero) is 2. The Morgan fingerprint density at radius 3 is 2.00 bits per heavy atom. The molecule has 0 unspecified atom stereocenters. The molecular formula is C15H21FO4. The molecule has 1 rings (SSSR count). The van der Waals surface area contributed by atoms with Crippen LogP contribution >= 0.6 is 0 Å². The quantitative estimate of drug-likeness (QED) is 0.508. The van der Waals surface area contributed by atoms with E-state index in [1.165, 1.54) is 14.2 Å². The molecule has 0 aromatic rings. The topological polar surface area (TPSA) is 52.6 Å². The van der Waals surface area contributed by atoms with Crippen molar-refractivity contribution >= 4 is 11.6 Å². The highest BCUT2D eigenvalue weighted by molar-refractivity contribution is 6.23. The molecular weight excluding hydrogens is 263 g/mol. The van der Waals surface area contributed by atoms with Gasteiger partial charge in [-0.25, -0.2) is 0 Å². The molecule has 0 N–H and O–H groups in total. The molecule has 4 nitrogen and oxygen atoms in total. The Hall–Kier alpha value is -1.65. The number of ether oxygens (including phenoxy) is 2. The second kappa shape index (κ2) is 7.82. The SMILES string of the molecule is COC1=C(OC)C(=O)C(CCCCCCF)=C(C)C1=O. The van der Waals surface area contributed by atoms with Crippen molar-refractivity contribution in [3.63, 3.8) is 0 Å². The van der Waals surface area contributed by atoms with E-state index in [0.29, 0.717) is 24.0 Å². The summed E-state index contributed by atoms with van der Waals surface area (Å²) in [6, 6.07) is 0. The minimum atomic E-state index is -0.313. The van der Waals surface area contributed by atoms with Gasteiger partial charge in [0.2, 0.25) is 23.1 Å². The number of allylic oxidation sites excluding steroid dienone is 2. The number of hydrogen-bond acceptors (Lipinski definition) is 4. The van der Waals surface area contributed by atoms with Gasteiger partial charge in [0.25, 0.3) is 0 Å². The third kappa shape index (κ3) is 3.46. The Bertz CT molecular complexity index is 449. The first kappa shape index (κ1) is 16.4. The van der Waals surface area contributed by atoms with E-state index in [0.717, 1.165) is 19.3 Å². The van der Waals surface area contributed by atoms with Crippen LogP contribution < -0.4 is 0 Å². The average Bonchev–Trinajstić information content (AvgIpc) is 2.45. The second-order valence-electron chi connectivity index (χ2n) is 4.68. The van der Waals surface area contributed by atoms with E-state index in [1.54, 1.807) is 6.92 Å². The molecule has 1 aliphatic rings. The Morgan fingerprint density at radius 1 is 0.900 bits per heavy atom. The predicted molar refractivity (Wildman–Crippen MR) is 72.8 cm³/mol. The minimum absolute atomic E-state index is 0.0261. The number of alkyl halides is 1. The molecule has 20 heavy (non-hydrogen) atoms. The molecule has 0 fully saturated rings. The number of hydrogen-bond donors (Lipinski definition) is 0. The van der Waals surface area contributed by atoms with Crippen LogP contribution in [0.1, 0.15) is 39.0 Å². The van der Waals surface area contributed by atoms with Gasteiger partial charge in [0.15, 0.2) is 0 Å². The molecule has 0 aliphatic heterocycles. The lowest BCUT2D eigenvalue weighted by Gasteiger charge is -2.20. The third-order valence-corrected chi connectivity index (χ3v) is 3.40. The summed E-state index contributed by atoms with van der Waals surface area (Å²) in [4.78, 5) is 24.4. The molecule has 0 radical (unpaired) electrons. The third-order valence-electron chi connectivity index (χ3n) is 3.40. The van der Waals surface area contributed by atoms with Crippen molar-refractivity contribution in [3.05, 3.63) is 22.7 Å². The van der Waals surface area contributed by atoms with Gasteiger partial charge in [0, 0.05) is 11.1 Å². The molecule has 5 heteroatoms. The summed E-state index contributed by atoms with van der Waals surface area (Å²) in [5, 5.41) is 0. The molecule has 0 saturated carbocycles. The van der Waals surface area contributed by atoms with Gasteiger partial charge >= 0.3 is 0 Å². The summed E-state index contributed by atoms with van der Waals surface area (Å²) >= 11 is 0. The van der Waals surface area contributed by atoms with E-state index in [-0.39, 0.29) is 29.8 Å². The lowest BCUT2D eigenvalue weighted by Crippen LogP contribution is -2.25. The summed E-state index contributed by atoms with van der Waals surface area (Å²) < 4.78 is 21.9. The van der Waals surface area contributed by atoms with Crippen molar-refractivity contribution in [2.75, 3.05) is 20.9 Å². The van der Waals surface area contributed by atoms with Crippen LogP contribution in [0.25, 0.3) is 0 Å². The van der Waals surface area contributed by atoms with Crippen molar-refractivity contribution in [2.24, 2.45) is 0 Å². The van der Waals surface area contributed by atoms with Crippen molar-refractivity contribution in [1.29, 1.82) is 0 Å². The van der Waals surface area contributed by atoms with Crippen LogP contribution in [0.15, 0.2) is 22.7 Å². The average molecular weight is 284 g/mol. The highest BCUT2D eigenvalue weighted by Crippen LogP contribution is 2.28. The van der Waals surface area contributed by atoms with Crippen molar-refractivity contribution in [3.8, 4) is 0 Å². The molecule has 0 spiro atoms. The zero-order valence-electron chi connectivity index (χ0n) is 12.3. The van der Waals surface area contributed by atoms with Gasteiger partial charge in [-0.05, 0) is 26.2 Å². The number of carbonyl (C=O) groups excluding carboxylic acids is 2. The van der Waals surface area contributed by atoms with E-state index >= 15 is 0 Å². The molecule has 0 bridgehead atoms. The van der Waals surface area contributed by atoms with Gasteiger partial charge in [0.05, 0.1) is 20.9 Å². The van der Waals surface area contributed by atoms with E-state index in [9.17, 15) is 14.0 Å². The maximum absolute atomic E-state index is 12.3. The van der Waals surface area contributed by atoms with E-state index in [1.807, 2.05) is 0 Å². The molecule has 0 amide bonds. The van der Waals surface area contributed by atoms with Crippen LogP contribution in [0, 0.1) is 0 Å². The Morgan fingerprint density at radius 2 is 1.45 bits per heavy atom. The molecule has 0 aromatic carbocycles. The molecule has 0 heterocycles. The molecule has 0 saturated heterocycles. The highest BCUT2D eigenvalue weighted by Gasteiger charge is 2.34. The Labute approximate surface area is 118 Å². The maximum atomic E-state index is 12.3. The van der Waals surface area contributed by atoms with Gasteiger partial charge in [-0.3, -0.25) is 14.0 Å². The molecule has 1 aliphatic carbocycles. The lowest BCUT2D eigenvalue weighted by atomic mass is 9.89. The van der Waals surface area contributed by atoms with Gasteiger partial charge in [0.1, 0.15) is 0 Å². The number of rotatable bonds is 8. The van der Waals surface area contributed by atoms with Crippen molar-refractivity contribution < 1.29 is 23.5 Å². The normalized spacial score (nSPS) is 16.0. The van der Waals surface area contributed by atoms with E-state index < -0.39 is 0 Å². The van der Waals surface area contributed by atoms with Crippen LogP contribution in [0.2, 0.25) is 0 Å². The number of methoxy groups -OCH3 is 2. The fourth-order valence-electron chi connectivity index (χ4n) is 2.24.